The summed E-state index contributed by atoms with van der Waals surface area (Å²) < 4.78 is 10.7. The van der Waals surface area contributed by atoms with Gasteiger partial charge in [-0.05, 0) is 17.7 Å². The molecule has 1 atom stereocenters. The van der Waals surface area contributed by atoms with E-state index in [1.54, 1.807) is 13.2 Å². The van der Waals surface area contributed by atoms with Crippen LogP contribution < -0.4 is 15.4 Å². The average molecular weight is 287 g/mol. The molecular weight excluding hydrogens is 268 g/mol. The Kier molecular flexibility index (Phi) is 4.87. The van der Waals surface area contributed by atoms with Gasteiger partial charge in [0, 0.05) is 18.1 Å². The van der Waals surface area contributed by atoms with Gasteiger partial charge in [0.05, 0.1) is 38.7 Å². The number of rotatable bonds is 4. The maximum Gasteiger partial charge on any atom is 0.142 e. The van der Waals surface area contributed by atoms with Crippen LogP contribution in [0.3, 0.4) is 0 Å². The first-order chi connectivity index (χ1) is 9.17. The van der Waals surface area contributed by atoms with Crippen molar-refractivity contribution in [3.63, 3.8) is 0 Å². The fourth-order valence-electron chi connectivity index (χ4n) is 2.16. The summed E-state index contributed by atoms with van der Waals surface area (Å²) in [5.74, 6) is 0.713. The molecule has 1 aromatic carbocycles. The highest BCUT2D eigenvalue weighted by Crippen LogP contribution is 2.36. The molecule has 19 heavy (non-hydrogen) atoms. The third-order valence-electron chi connectivity index (χ3n) is 3.25. The monoisotopic (exact) mass is 286 g/mol. The van der Waals surface area contributed by atoms with Crippen molar-refractivity contribution in [3.05, 3.63) is 22.7 Å². The first-order valence-electron chi connectivity index (χ1n) is 6.24. The Balaban J connectivity index is 2.35. The third-order valence-corrected chi connectivity index (χ3v) is 3.57. The van der Waals surface area contributed by atoms with E-state index in [4.69, 9.17) is 31.9 Å². The van der Waals surface area contributed by atoms with E-state index in [2.05, 4.69) is 4.90 Å². The van der Waals surface area contributed by atoms with Gasteiger partial charge in [-0.15, -0.1) is 0 Å². The highest BCUT2D eigenvalue weighted by Gasteiger charge is 2.19. The molecule has 2 rings (SSSR count). The second-order valence-corrected chi connectivity index (χ2v) is 4.84. The van der Waals surface area contributed by atoms with Crippen molar-refractivity contribution in [3.8, 4) is 5.75 Å². The van der Waals surface area contributed by atoms with Gasteiger partial charge >= 0.3 is 0 Å². The van der Waals surface area contributed by atoms with Gasteiger partial charge in [-0.25, -0.2) is 0 Å². The smallest absolute Gasteiger partial charge is 0.142 e. The number of morpholine rings is 1. The van der Waals surface area contributed by atoms with Gasteiger partial charge in [0.25, 0.3) is 0 Å². The minimum Gasteiger partial charge on any atom is -0.495 e. The number of benzene rings is 1. The number of hydrogen-bond donors (Lipinski definition) is 2. The molecule has 1 aromatic rings. The number of hydrogen-bond acceptors (Lipinski definition) is 5. The summed E-state index contributed by atoms with van der Waals surface area (Å²) in [6.07, 6.45) is 0. The van der Waals surface area contributed by atoms with Crippen LogP contribution in [0, 0.1) is 0 Å². The quantitative estimate of drug-likeness (QED) is 0.870. The lowest BCUT2D eigenvalue weighted by molar-refractivity contribution is 0.122. The van der Waals surface area contributed by atoms with Crippen LogP contribution in [0.2, 0.25) is 5.02 Å². The van der Waals surface area contributed by atoms with Crippen LogP contribution in [0.5, 0.6) is 5.75 Å². The van der Waals surface area contributed by atoms with Crippen LogP contribution in [0.25, 0.3) is 0 Å². The zero-order chi connectivity index (χ0) is 13.8. The molecule has 5 nitrogen and oxygen atoms in total. The largest absolute Gasteiger partial charge is 0.495 e. The fraction of sp³-hybridized carbons (Fsp3) is 0.538. The maximum atomic E-state index is 9.14. The van der Waals surface area contributed by atoms with E-state index in [9.17, 15) is 0 Å². The van der Waals surface area contributed by atoms with E-state index in [0.29, 0.717) is 29.5 Å². The van der Waals surface area contributed by atoms with Gasteiger partial charge in [-0.1, -0.05) is 11.6 Å². The number of methoxy groups -OCH3 is 1. The Morgan fingerprint density at radius 2 is 2.16 bits per heavy atom. The molecule has 1 saturated heterocycles. The van der Waals surface area contributed by atoms with E-state index in [-0.39, 0.29) is 6.61 Å². The average Bonchev–Trinajstić information content (AvgIpc) is 2.47. The molecule has 0 unspecified atom stereocenters. The van der Waals surface area contributed by atoms with Crippen molar-refractivity contribution >= 4 is 17.3 Å². The Morgan fingerprint density at radius 3 is 2.74 bits per heavy atom. The number of anilines is 1. The summed E-state index contributed by atoms with van der Waals surface area (Å²) in [5, 5.41) is 9.69. The Bertz CT molecular complexity index is 436. The number of halogens is 1. The lowest BCUT2D eigenvalue weighted by Gasteiger charge is -2.30. The van der Waals surface area contributed by atoms with Crippen LogP contribution >= 0.6 is 11.6 Å². The van der Waals surface area contributed by atoms with Crippen LogP contribution in [0.1, 0.15) is 11.6 Å². The van der Waals surface area contributed by atoms with E-state index >= 15 is 0 Å². The molecule has 1 aliphatic heterocycles. The Morgan fingerprint density at radius 1 is 1.47 bits per heavy atom. The minimum atomic E-state index is -0.500. The highest BCUT2D eigenvalue weighted by molar-refractivity contribution is 6.31. The molecule has 1 fully saturated rings. The maximum absolute atomic E-state index is 9.14. The summed E-state index contributed by atoms with van der Waals surface area (Å²) in [6.45, 7) is 2.84. The lowest BCUT2D eigenvalue weighted by atomic mass is 10.1. The van der Waals surface area contributed by atoms with E-state index in [1.165, 1.54) is 0 Å². The molecule has 0 aromatic heterocycles. The summed E-state index contributed by atoms with van der Waals surface area (Å²) in [5.41, 5.74) is 7.45. The summed E-state index contributed by atoms with van der Waals surface area (Å²) >= 11 is 6.25. The molecule has 0 spiro atoms. The van der Waals surface area contributed by atoms with Gasteiger partial charge < -0.3 is 25.2 Å². The Labute approximate surface area is 117 Å². The molecule has 0 aliphatic carbocycles. The Hall–Kier alpha value is -1.01. The van der Waals surface area contributed by atoms with Crippen LogP contribution in [-0.4, -0.2) is 45.1 Å². The van der Waals surface area contributed by atoms with Crippen molar-refractivity contribution in [1.29, 1.82) is 0 Å². The molecule has 0 saturated carbocycles. The van der Waals surface area contributed by atoms with Gasteiger partial charge in [0.1, 0.15) is 5.75 Å². The van der Waals surface area contributed by atoms with E-state index in [1.807, 2.05) is 6.07 Å². The number of ether oxygens (including phenoxy) is 2. The van der Waals surface area contributed by atoms with Crippen molar-refractivity contribution in [2.75, 3.05) is 44.9 Å². The molecule has 0 radical (unpaired) electrons. The lowest BCUT2D eigenvalue weighted by Crippen LogP contribution is -2.36. The van der Waals surface area contributed by atoms with E-state index < -0.39 is 6.04 Å². The molecule has 106 valence electrons. The predicted molar refractivity (Wildman–Crippen MR) is 75.1 cm³/mol. The minimum absolute atomic E-state index is 0.153. The molecule has 1 heterocycles. The van der Waals surface area contributed by atoms with Crippen LogP contribution in [-0.2, 0) is 4.74 Å². The van der Waals surface area contributed by atoms with E-state index in [0.717, 1.165) is 18.8 Å². The molecule has 1 aliphatic rings. The first-order valence-corrected chi connectivity index (χ1v) is 6.61. The van der Waals surface area contributed by atoms with Crippen molar-refractivity contribution in [1.82, 2.24) is 0 Å². The first kappa shape index (κ1) is 14.4. The zero-order valence-corrected chi connectivity index (χ0v) is 11.7. The van der Waals surface area contributed by atoms with Gasteiger partial charge in [-0.2, -0.15) is 0 Å². The van der Waals surface area contributed by atoms with Crippen molar-refractivity contribution in [2.45, 2.75) is 6.04 Å². The molecular formula is C13H19ClN2O3. The zero-order valence-electron chi connectivity index (χ0n) is 10.9. The molecule has 6 heteroatoms. The fourth-order valence-corrected chi connectivity index (χ4v) is 2.45. The van der Waals surface area contributed by atoms with Gasteiger partial charge in [0.2, 0.25) is 0 Å². The van der Waals surface area contributed by atoms with Gasteiger partial charge in [0.15, 0.2) is 0 Å². The molecule has 3 N–H and O–H groups in total. The highest BCUT2D eigenvalue weighted by atomic mass is 35.5. The van der Waals surface area contributed by atoms with Crippen molar-refractivity contribution in [2.24, 2.45) is 5.73 Å². The van der Waals surface area contributed by atoms with Crippen molar-refractivity contribution < 1.29 is 14.6 Å². The topological polar surface area (TPSA) is 68.0 Å². The summed E-state index contributed by atoms with van der Waals surface area (Å²) in [6, 6.07) is 3.14. The SMILES string of the molecule is COc1cc([C@H](N)CO)c(Cl)cc1N1CCOCC1. The number of nitrogens with zero attached hydrogens (tertiary/aromatic N) is 1. The number of aliphatic hydroxyl groups is 1. The predicted octanol–water partition coefficient (Wildman–Crippen LogP) is 1.18. The normalized spacial score (nSPS) is 17.4. The third kappa shape index (κ3) is 3.12. The van der Waals surface area contributed by atoms with Gasteiger partial charge in [-0.3, -0.25) is 0 Å². The second-order valence-electron chi connectivity index (χ2n) is 4.43. The van der Waals surface area contributed by atoms with Crippen LogP contribution in [0.15, 0.2) is 12.1 Å². The molecule has 0 bridgehead atoms. The second kappa shape index (κ2) is 6.43. The molecule has 0 amide bonds. The standard InChI is InChI=1S/C13H19ClN2O3/c1-18-13-6-9(11(15)8-17)10(14)7-12(13)16-2-4-19-5-3-16/h6-7,11,17H,2-5,8,15H2,1H3/t11-/m1/s1. The summed E-state index contributed by atoms with van der Waals surface area (Å²) in [7, 11) is 1.61. The summed E-state index contributed by atoms with van der Waals surface area (Å²) in [4.78, 5) is 2.17. The number of nitrogens with two attached hydrogens (primary N) is 1. The number of aliphatic hydroxyl groups excluding tert-OH is 1. The van der Waals surface area contributed by atoms with Crippen LogP contribution in [0.4, 0.5) is 5.69 Å².